The number of nitrogens with one attached hydrogen (secondary N) is 1. The maximum Gasteiger partial charge on any atom is 0.0438 e. The molecule has 1 aliphatic carbocycles. The van der Waals surface area contributed by atoms with Crippen LogP contribution in [0.4, 0.5) is 0 Å². The van der Waals surface area contributed by atoms with Crippen molar-refractivity contribution in [2.45, 2.75) is 39.2 Å². The Labute approximate surface area is 110 Å². The van der Waals surface area contributed by atoms with Gasteiger partial charge in [0.25, 0.3) is 0 Å². The summed E-state index contributed by atoms with van der Waals surface area (Å²) in [5.74, 6) is 1.66. The Bertz CT molecular complexity index is 362. The van der Waals surface area contributed by atoms with Gasteiger partial charge < -0.3 is 5.32 Å². The van der Waals surface area contributed by atoms with Crippen LogP contribution in [-0.4, -0.2) is 12.6 Å². The molecule has 2 unspecified atom stereocenters. The van der Waals surface area contributed by atoms with E-state index < -0.39 is 0 Å². The average molecular weight is 252 g/mol. The quantitative estimate of drug-likeness (QED) is 0.837. The second kappa shape index (κ2) is 5.88. The molecule has 1 saturated carbocycles. The van der Waals surface area contributed by atoms with E-state index in [4.69, 9.17) is 11.6 Å². The Balaban J connectivity index is 1.86. The third-order valence-corrected chi connectivity index (χ3v) is 4.17. The first-order valence-corrected chi connectivity index (χ1v) is 7.01. The van der Waals surface area contributed by atoms with Gasteiger partial charge in [-0.15, -0.1) is 0 Å². The van der Waals surface area contributed by atoms with Gasteiger partial charge in [-0.1, -0.05) is 43.6 Å². The van der Waals surface area contributed by atoms with E-state index in [1.54, 1.807) is 0 Å². The molecule has 17 heavy (non-hydrogen) atoms. The molecule has 0 spiro atoms. The largest absolute Gasteiger partial charge is 0.314 e. The summed E-state index contributed by atoms with van der Waals surface area (Å²) in [6.07, 6.45) is 3.87. The summed E-state index contributed by atoms with van der Waals surface area (Å²) >= 11 is 6.21. The Morgan fingerprint density at radius 1 is 1.24 bits per heavy atom. The van der Waals surface area contributed by atoms with Crippen LogP contribution in [0, 0.1) is 11.8 Å². The first-order chi connectivity index (χ1) is 8.16. The molecule has 0 heterocycles. The Morgan fingerprint density at radius 3 is 2.53 bits per heavy atom. The standard InChI is InChI=1S/C15H22ClN/c1-11(2)17-10-14-8-7-12(14)9-13-5-3-4-6-15(13)16/h3-6,11-12,14,17H,7-10H2,1-2H3. The first-order valence-electron chi connectivity index (χ1n) is 6.63. The van der Waals surface area contributed by atoms with Crippen molar-refractivity contribution in [3.05, 3.63) is 34.9 Å². The molecule has 0 aliphatic heterocycles. The number of benzene rings is 1. The van der Waals surface area contributed by atoms with Crippen LogP contribution < -0.4 is 5.32 Å². The van der Waals surface area contributed by atoms with Gasteiger partial charge >= 0.3 is 0 Å². The molecular weight excluding hydrogens is 230 g/mol. The molecule has 1 aromatic carbocycles. The van der Waals surface area contributed by atoms with Crippen molar-refractivity contribution in [2.24, 2.45) is 11.8 Å². The zero-order valence-electron chi connectivity index (χ0n) is 10.7. The molecule has 0 aromatic heterocycles. The maximum absolute atomic E-state index is 6.21. The van der Waals surface area contributed by atoms with Crippen LogP contribution in [0.15, 0.2) is 24.3 Å². The predicted octanol–water partition coefficient (Wildman–Crippen LogP) is 3.91. The summed E-state index contributed by atoms with van der Waals surface area (Å²) < 4.78 is 0. The topological polar surface area (TPSA) is 12.0 Å². The summed E-state index contributed by atoms with van der Waals surface area (Å²) in [6.45, 7) is 5.58. The highest BCUT2D eigenvalue weighted by Gasteiger charge is 2.30. The zero-order chi connectivity index (χ0) is 12.3. The molecule has 1 aliphatic rings. The monoisotopic (exact) mass is 251 g/mol. The first kappa shape index (κ1) is 12.9. The fraction of sp³-hybridized carbons (Fsp3) is 0.600. The van der Waals surface area contributed by atoms with E-state index in [1.807, 2.05) is 12.1 Å². The molecule has 1 aromatic rings. The molecular formula is C15H22ClN. The van der Waals surface area contributed by atoms with Crippen LogP contribution in [0.25, 0.3) is 0 Å². The fourth-order valence-electron chi connectivity index (χ4n) is 2.51. The SMILES string of the molecule is CC(C)NCC1CCC1Cc1ccccc1Cl. The summed E-state index contributed by atoms with van der Waals surface area (Å²) in [7, 11) is 0. The number of hydrogen-bond acceptors (Lipinski definition) is 1. The Kier molecular flexibility index (Phi) is 4.47. The van der Waals surface area contributed by atoms with Gasteiger partial charge in [-0.05, 0) is 49.3 Å². The van der Waals surface area contributed by atoms with E-state index in [2.05, 4.69) is 31.3 Å². The summed E-state index contributed by atoms with van der Waals surface area (Å²) in [6, 6.07) is 8.84. The zero-order valence-corrected chi connectivity index (χ0v) is 11.5. The van der Waals surface area contributed by atoms with Gasteiger partial charge in [-0.2, -0.15) is 0 Å². The minimum absolute atomic E-state index is 0.594. The van der Waals surface area contributed by atoms with E-state index in [0.717, 1.165) is 29.8 Å². The molecule has 0 saturated heterocycles. The number of rotatable bonds is 5. The smallest absolute Gasteiger partial charge is 0.0438 e. The molecule has 1 N–H and O–H groups in total. The van der Waals surface area contributed by atoms with E-state index in [-0.39, 0.29) is 0 Å². The maximum atomic E-state index is 6.21. The third-order valence-electron chi connectivity index (χ3n) is 3.80. The third kappa shape index (κ3) is 3.46. The van der Waals surface area contributed by atoms with Gasteiger partial charge in [-0.3, -0.25) is 0 Å². The highest BCUT2D eigenvalue weighted by atomic mass is 35.5. The van der Waals surface area contributed by atoms with Crippen LogP contribution in [0.2, 0.25) is 5.02 Å². The molecule has 2 heteroatoms. The number of halogens is 1. The van der Waals surface area contributed by atoms with Crippen molar-refractivity contribution in [3.63, 3.8) is 0 Å². The van der Waals surface area contributed by atoms with Crippen molar-refractivity contribution in [3.8, 4) is 0 Å². The van der Waals surface area contributed by atoms with E-state index in [9.17, 15) is 0 Å². The van der Waals surface area contributed by atoms with Crippen molar-refractivity contribution in [1.29, 1.82) is 0 Å². The molecule has 0 bridgehead atoms. The van der Waals surface area contributed by atoms with Crippen molar-refractivity contribution in [2.75, 3.05) is 6.54 Å². The lowest BCUT2D eigenvalue weighted by atomic mass is 9.70. The van der Waals surface area contributed by atoms with Crippen molar-refractivity contribution < 1.29 is 0 Å². The predicted molar refractivity (Wildman–Crippen MR) is 74.5 cm³/mol. The van der Waals surface area contributed by atoms with Crippen molar-refractivity contribution in [1.82, 2.24) is 5.32 Å². The minimum Gasteiger partial charge on any atom is -0.314 e. The molecule has 94 valence electrons. The van der Waals surface area contributed by atoms with Gasteiger partial charge in [-0.25, -0.2) is 0 Å². The van der Waals surface area contributed by atoms with E-state index >= 15 is 0 Å². The average Bonchev–Trinajstić information content (AvgIpc) is 2.26. The lowest BCUT2D eigenvalue weighted by molar-refractivity contribution is 0.168. The van der Waals surface area contributed by atoms with Crippen LogP contribution in [0.5, 0.6) is 0 Å². The van der Waals surface area contributed by atoms with Gasteiger partial charge in [0.2, 0.25) is 0 Å². The lowest BCUT2D eigenvalue weighted by Gasteiger charge is -2.37. The fourth-order valence-corrected chi connectivity index (χ4v) is 2.72. The second-order valence-electron chi connectivity index (χ2n) is 5.46. The summed E-state index contributed by atoms with van der Waals surface area (Å²) in [5.41, 5.74) is 1.31. The second-order valence-corrected chi connectivity index (χ2v) is 5.86. The summed E-state index contributed by atoms with van der Waals surface area (Å²) in [4.78, 5) is 0. The van der Waals surface area contributed by atoms with E-state index in [0.29, 0.717) is 6.04 Å². The Morgan fingerprint density at radius 2 is 1.94 bits per heavy atom. The van der Waals surface area contributed by atoms with Gasteiger partial charge in [0.15, 0.2) is 0 Å². The normalized spacial score (nSPS) is 23.8. The van der Waals surface area contributed by atoms with Crippen LogP contribution in [0.1, 0.15) is 32.3 Å². The van der Waals surface area contributed by atoms with Crippen LogP contribution >= 0.6 is 11.6 Å². The van der Waals surface area contributed by atoms with Crippen LogP contribution in [-0.2, 0) is 6.42 Å². The molecule has 1 fully saturated rings. The van der Waals surface area contributed by atoms with Gasteiger partial charge in [0.05, 0.1) is 0 Å². The minimum atomic E-state index is 0.594. The highest BCUT2D eigenvalue weighted by Crippen LogP contribution is 2.37. The molecule has 1 nitrogen and oxygen atoms in total. The molecule has 0 amide bonds. The Hall–Kier alpha value is -0.530. The highest BCUT2D eigenvalue weighted by molar-refractivity contribution is 6.31. The molecule has 2 rings (SSSR count). The van der Waals surface area contributed by atoms with Gasteiger partial charge in [0, 0.05) is 11.1 Å². The van der Waals surface area contributed by atoms with Crippen molar-refractivity contribution >= 4 is 11.6 Å². The van der Waals surface area contributed by atoms with Crippen LogP contribution in [0.3, 0.4) is 0 Å². The lowest BCUT2D eigenvalue weighted by Crippen LogP contribution is -2.38. The number of hydrogen-bond donors (Lipinski definition) is 1. The van der Waals surface area contributed by atoms with Gasteiger partial charge in [0.1, 0.15) is 0 Å². The summed E-state index contributed by atoms with van der Waals surface area (Å²) in [5, 5.41) is 4.47. The molecule has 0 radical (unpaired) electrons. The molecule has 2 atom stereocenters. The van der Waals surface area contributed by atoms with E-state index in [1.165, 1.54) is 18.4 Å².